The molecule has 0 unspecified atom stereocenters. The van der Waals surface area contributed by atoms with Gasteiger partial charge >= 0.3 is 0 Å². The van der Waals surface area contributed by atoms with Crippen LogP contribution in [0.5, 0.6) is 5.75 Å². The quantitative estimate of drug-likeness (QED) is 0.236. The summed E-state index contributed by atoms with van der Waals surface area (Å²) in [4.78, 5) is 26.8. The van der Waals surface area contributed by atoms with Crippen LogP contribution in [0.3, 0.4) is 0 Å². The summed E-state index contributed by atoms with van der Waals surface area (Å²) in [5, 5.41) is 12.3. The van der Waals surface area contributed by atoms with E-state index in [2.05, 4.69) is 5.32 Å². The van der Waals surface area contributed by atoms with Crippen molar-refractivity contribution < 1.29 is 37.3 Å². The highest BCUT2D eigenvalue weighted by Gasteiger charge is 2.33. The van der Waals surface area contributed by atoms with Gasteiger partial charge < -0.3 is 29.4 Å². The summed E-state index contributed by atoms with van der Waals surface area (Å²) in [5.74, 6) is -0.535. The number of aromatic nitrogens is 2. The smallest absolute Gasteiger partial charge is 0.286 e. The van der Waals surface area contributed by atoms with Crippen LogP contribution in [0, 0.1) is 6.92 Å². The van der Waals surface area contributed by atoms with Crippen LogP contribution in [0.25, 0.3) is 5.69 Å². The Morgan fingerprint density at radius 2 is 1.80 bits per heavy atom. The number of nitrogens with zero attached hydrogens (tertiary/aromatic N) is 3. The lowest BCUT2D eigenvalue weighted by molar-refractivity contribution is -0.146. The third-order valence-electron chi connectivity index (χ3n) is 7.53. The molecule has 3 aromatic rings. The Hall–Kier alpha value is -3.95. The molecule has 13 nitrogen and oxygen atoms in total. The molecular formula is C31H40N4O9S. The van der Waals surface area contributed by atoms with E-state index in [0.29, 0.717) is 29.3 Å². The van der Waals surface area contributed by atoms with Gasteiger partial charge in [0.25, 0.3) is 11.5 Å². The molecule has 0 saturated heterocycles. The second-order valence-corrected chi connectivity index (χ2v) is 12.3. The van der Waals surface area contributed by atoms with Crippen molar-refractivity contribution in [2.24, 2.45) is 7.05 Å². The Morgan fingerprint density at radius 3 is 2.44 bits per heavy atom. The van der Waals surface area contributed by atoms with Crippen molar-refractivity contribution in [1.29, 1.82) is 0 Å². The third kappa shape index (κ3) is 7.83. The average Bonchev–Trinajstić information content (AvgIpc) is 3.27. The zero-order valence-corrected chi connectivity index (χ0v) is 26.7. The number of benzene rings is 2. The predicted molar refractivity (Wildman–Crippen MR) is 166 cm³/mol. The van der Waals surface area contributed by atoms with Crippen molar-refractivity contribution in [3.8, 4) is 11.4 Å². The molecule has 1 aliphatic rings. The van der Waals surface area contributed by atoms with Crippen molar-refractivity contribution >= 4 is 15.9 Å². The highest BCUT2D eigenvalue weighted by Crippen LogP contribution is 2.32. The second-order valence-electron chi connectivity index (χ2n) is 10.3. The first-order valence-corrected chi connectivity index (χ1v) is 15.9. The number of aliphatic hydroxyl groups excluding tert-OH is 1. The van der Waals surface area contributed by atoms with Gasteiger partial charge in [0.15, 0.2) is 5.76 Å². The molecule has 0 radical (unpaired) electrons. The molecule has 14 heteroatoms. The minimum atomic E-state index is -3.96. The van der Waals surface area contributed by atoms with E-state index in [4.69, 9.17) is 18.9 Å². The number of nitrogens with one attached hydrogen (secondary N) is 1. The molecule has 4 rings (SSSR count). The Morgan fingerprint density at radius 1 is 1.09 bits per heavy atom. The summed E-state index contributed by atoms with van der Waals surface area (Å²) in [7, 11) is 0.840. The number of amides is 1. The van der Waals surface area contributed by atoms with Gasteiger partial charge in [0.05, 0.1) is 37.5 Å². The van der Waals surface area contributed by atoms with Gasteiger partial charge in [-0.25, -0.2) is 13.1 Å². The number of sulfonamides is 1. The molecule has 45 heavy (non-hydrogen) atoms. The number of para-hydroxylation sites is 1. The average molecular weight is 645 g/mol. The minimum absolute atomic E-state index is 0.0145. The molecule has 0 spiro atoms. The maximum atomic E-state index is 13.8. The molecule has 244 valence electrons. The second kappa shape index (κ2) is 15.4. The number of allylic oxidation sites excluding steroid dienone is 1. The fourth-order valence-corrected chi connectivity index (χ4v) is 6.55. The Balaban J connectivity index is 1.57. The van der Waals surface area contributed by atoms with E-state index < -0.39 is 34.7 Å². The van der Waals surface area contributed by atoms with Crippen LogP contribution in [0.4, 0.5) is 0 Å². The van der Waals surface area contributed by atoms with Gasteiger partial charge in [-0.05, 0) is 49.4 Å². The third-order valence-corrected chi connectivity index (χ3v) is 9.45. The highest BCUT2D eigenvalue weighted by molar-refractivity contribution is 7.89. The SMILES string of the molecule is COCCNC(=O)C1=C[C@@H](c2c(C)n(C)n(-c3ccccc3)c2=O)C[C@@H](OCCN(CCO)S(=O)(=O)c2ccc(OC)cc2)O1. The molecular weight excluding hydrogens is 604 g/mol. The molecule has 2 aromatic carbocycles. The maximum Gasteiger partial charge on any atom is 0.286 e. The minimum Gasteiger partial charge on any atom is -0.497 e. The summed E-state index contributed by atoms with van der Waals surface area (Å²) in [6.45, 7) is 1.64. The molecule has 0 bridgehead atoms. The van der Waals surface area contributed by atoms with Gasteiger partial charge in [0.2, 0.25) is 16.3 Å². The van der Waals surface area contributed by atoms with Crippen molar-refractivity contribution in [3.63, 3.8) is 0 Å². The molecule has 2 N–H and O–H groups in total. The number of hydrogen-bond acceptors (Lipinski definition) is 9. The number of rotatable bonds is 15. The molecule has 0 fully saturated rings. The van der Waals surface area contributed by atoms with Crippen LogP contribution in [0.2, 0.25) is 0 Å². The summed E-state index contributed by atoms with van der Waals surface area (Å²) < 4.78 is 53.1. The van der Waals surface area contributed by atoms with Crippen molar-refractivity contribution in [2.45, 2.75) is 30.4 Å². The lowest BCUT2D eigenvalue weighted by atomic mass is 9.93. The lowest BCUT2D eigenvalue weighted by Gasteiger charge is -2.29. The normalized spacial score (nSPS) is 16.7. The number of methoxy groups -OCH3 is 2. The number of hydrogen-bond donors (Lipinski definition) is 2. The Kier molecular flexibility index (Phi) is 11.6. The van der Waals surface area contributed by atoms with Crippen LogP contribution in [0.15, 0.2) is 76.1 Å². The highest BCUT2D eigenvalue weighted by atomic mass is 32.2. The standard InChI is InChI=1S/C31H40N4O9S/c1-22-29(31(38)35(33(22)2)24-8-6-5-7-9-24)23-20-27(30(37)32-14-18-41-3)44-28(21-23)43-19-16-34(15-17-36)45(39,40)26-12-10-25(42-4)11-13-26/h5-13,20,23,28,36H,14-19,21H2,1-4H3,(H,32,37)/t23-,28+/m1/s1. The van der Waals surface area contributed by atoms with Crippen LogP contribution in [-0.4, -0.2) is 93.1 Å². The van der Waals surface area contributed by atoms with Gasteiger partial charge in [-0.2, -0.15) is 4.31 Å². The van der Waals surface area contributed by atoms with Gasteiger partial charge in [-0.15, -0.1) is 0 Å². The lowest BCUT2D eigenvalue weighted by Crippen LogP contribution is -2.38. The van der Waals surface area contributed by atoms with Gasteiger partial charge in [-0.3, -0.25) is 14.3 Å². The van der Waals surface area contributed by atoms with Crippen molar-refractivity contribution in [2.75, 3.05) is 53.7 Å². The Labute approximate surface area is 262 Å². The van der Waals surface area contributed by atoms with E-state index in [0.717, 1.165) is 4.31 Å². The summed E-state index contributed by atoms with van der Waals surface area (Å²) in [5.41, 5.74) is 1.67. The maximum absolute atomic E-state index is 13.8. The van der Waals surface area contributed by atoms with Gasteiger partial charge in [-0.1, -0.05) is 18.2 Å². The molecule has 2 heterocycles. The van der Waals surface area contributed by atoms with Crippen LogP contribution in [-0.2, 0) is 36.1 Å². The topological polar surface area (TPSA) is 151 Å². The summed E-state index contributed by atoms with van der Waals surface area (Å²) in [6, 6.07) is 15.2. The first-order valence-electron chi connectivity index (χ1n) is 14.5. The van der Waals surface area contributed by atoms with E-state index in [9.17, 15) is 23.1 Å². The number of carbonyl (C=O) groups excluding carboxylic acids is 1. The predicted octanol–water partition coefficient (Wildman–Crippen LogP) is 1.67. The van der Waals surface area contributed by atoms with Gasteiger partial charge in [0.1, 0.15) is 5.75 Å². The molecule has 0 saturated carbocycles. The first-order chi connectivity index (χ1) is 21.6. The molecule has 2 atom stereocenters. The van der Waals surface area contributed by atoms with E-state index in [1.54, 1.807) is 34.6 Å². The van der Waals surface area contributed by atoms with E-state index in [1.165, 1.54) is 26.4 Å². The van der Waals surface area contributed by atoms with Crippen LogP contribution in [0.1, 0.15) is 23.6 Å². The van der Waals surface area contributed by atoms with Crippen molar-refractivity contribution in [3.05, 3.63) is 88.0 Å². The fraction of sp³-hybridized carbons (Fsp3) is 0.419. The summed E-state index contributed by atoms with van der Waals surface area (Å²) in [6.07, 6.45) is 0.856. The molecule has 1 aromatic heterocycles. The zero-order chi connectivity index (χ0) is 32.6. The summed E-state index contributed by atoms with van der Waals surface area (Å²) >= 11 is 0. The van der Waals surface area contributed by atoms with Crippen LogP contribution >= 0.6 is 0 Å². The fourth-order valence-electron chi connectivity index (χ4n) is 5.14. The zero-order valence-electron chi connectivity index (χ0n) is 25.8. The van der Waals surface area contributed by atoms with Crippen LogP contribution < -0.4 is 15.6 Å². The monoisotopic (exact) mass is 644 g/mol. The van der Waals surface area contributed by atoms with E-state index in [-0.39, 0.29) is 48.9 Å². The molecule has 1 amide bonds. The van der Waals surface area contributed by atoms with Gasteiger partial charge in [0, 0.05) is 57.4 Å². The number of ether oxygens (including phenoxy) is 4. The van der Waals surface area contributed by atoms with E-state index >= 15 is 0 Å². The van der Waals surface area contributed by atoms with E-state index in [1.807, 2.05) is 37.3 Å². The number of carbonyl (C=O) groups is 1. The van der Waals surface area contributed by atoms with Crippen molar-refractivity contribution in [1.82, 2.24) is 19.0 Å². The Bertz CT molecular complexity index is 1630. The first kappa shape index (κ1) is 33.9. The molecule has 1 aliphatic heterocycles. The number of aliphatic hydroxyl groups is 1. The largest absolute Gasteiger partial charge is 0.497 e. The molecule has 0 aliphatic carbocycles.